The number of para-hydroxylation sites is 1. The van der Waals surface area contributed by atoms with Crippen LogP contribution in [0, 0.1) is 0 Å². The molecule has 7 nitrogen and oxygen atoms in total. The van der Waals surface area contributed by atoms with Crippen LogP contribution in [0.4, 0.5) is 5.82 Å². The summed E-state index contributed by atoms with van der Waals surface area (Å²) in [5, 5.41) is 14.0. The van der Waals surface area contributed by atoms with Crippen LogP contribution in [0.3, 0.4) is 0 Å². The lowest BCUT2D eigenvalue weighted by Gasteiger charge is -2.11. The number of nitrogens with one attached hydrogen (secondary N) is 2. The Bertz CT molecular complexity index is 700. The lowest BCUT2D eigenvalue weighted by molar-refractivity contribution is 0.0944. The molecule has 1 saturated heterocycles. The predicted octanol–water partition coefficient (Wildman–Crippen LogP) is 2.01. The van der Waals surface area contributed by atoms with Crippen molar-refractivity contribution in [2.45, 2.75) is 25.5 Å². The van der Waals surface area contributed by atoms with E-state index in [9.17, 15) is 4.79 Å². The highest BCUT2D eigenvalue weighted by molar-refractivity contribution is 5.92. The van der Waals surface area contributed by atoms with Gasteiger partial charge in [0.1, 0.15) is 11.6 Å². The monoisotopic (exact) mass is 342 g/mol. The van der Waals surface area contributed by atoms with Crippen molar-refractivity contribution in [2.24, 2.45) is 0 Å². The number of ether oxygens (including phenoxy) is 2. The first-order chi connectivity index (χ1) is 12.3. The molecule has 2 N–H and O–H groups in total. The molecule has 1 amide bonds. The van der Waals surface area contributed by atoms with Crippen LogP contribution in [-0.2, 0) is 11.3 Å². The van der Waals surface area contributed by atoms with Crippen LogP contribution in [-0.4, -0.2) is 42.5 Å². The number of nitrogens with zero attached hydrogens (tertiary/aromatic N) is 2. The Hall–Kier alpha value is -2.67. The van der Waals surface area contributed by atoms with Crippen LogP contribution in [0.5, 0.6) is 5.75 Å². The molecule has 7 heteroatoms. The van der Waals surface area contributed by atoms with E-state index in [-0.39, 0.29) is 17.7 Å². The van der Waals surface area contributed by atoms with Gasteiger partial charge in [0.15, 0.2) is 5.69 Å². The van der Waals surface area contributed by atoms with Crippen LogP contribution in [0.1, 0.15) is 28.9 Å². The minimum atomic E-state index is -0.274. The lowest BCUT2D eigenvalue weighted by Crippen LogP contribution is -2.24. The van der Waals surface area contributed by atoms with Gasteiger partial charge >= 0.3 is 0 Å². The van der Waals surface area contributed by atoms with Gasteiger partial charge in [0.05, 0.1) is 13.2 Å². The Balaban J connectivity index is 1.51. The van der Waals surface area contributed by atoms with Gasteiger partial charge in [0.25, 0.3) is 5.91 Å². The highest BCUT2D eigenvalue weighted by atomic mass is 16.5. The second-order valence-electron chi connectivity index (χ2n) is 5.81. The van der Waals surface area contributed by atoms with Gasteiger partial charge in [-0.15, -0.1) is 10.2 Å². The number of anilines is 1. The van der Waals surface area contributed by atoms with E-state index in [4.69, 9.17) is 9.47 Å². The van der Waals surface area contributed by atoms with Crippen LogP contribution < -0.4 is 15.4 Å². The molecule has 2 heterocycles. The lowest BCUT2D eigenvalue weighted by atomic mass is 10.2. The number of hydrogen-bond donors (Lipinski definition) is 2. The normalized spacial score (nSPS) is 16.4. The molecule has 1 aliphatic heterocycles. The molecule has 132 valence electrons. The van der Waals surface area contributed by atoms with Crippen molar-refractivity contribution in [3.8, 4) is 5.75 Å². The van der Waals surface area contributed by atoms with Gasteiger partial charge in [-0.1, -0.05) is 18.2 Å². The highest BCUT2D eigenvalue weighted by Crippen LogP contribution is 2.17. The van der Waals surface area contributed by atoms with Gasteiger partial charge in [0.2, 0.25) is 0 Å². The molecule has 25 heavy (non-hydrogen) atoms. The maximum absolute atomic E-state index is 12.2. The molecule has 1 aromatic heterocycles. The minimum Gasteiger partial charge on any atom is -0.496 e. The third-order valence-corrected chi connectivity index (χ3v) is 4.06. The fourth-order valence-corrected chi connectivity index (χ4v) is 2.69. The summed E-state index contributed by atoms with van der Waals surface area (Å²) in [6.45, 7) is 1.89. The van der Waals surface area contributed by atoms with Crippen molar-refractivity contribution >= 4 is 11.7 Å². The number of benzene rings is 1. The number of amides is 1. The minimum absolute atomic E-state index is 0.227. The van der Waals surface area contributed by atoms with Gasteiger partial charge in [-0.25, -0.2) is 0 Å². The average molecular weight is 342 g/mol. The van der Waals surface area contributed by atoms with E-state index in [2.05, 4.69) is 20.8 Å². The van der Waals surface area contributed by atoms with Gasteiger partial charge in [0, 0.05) is 25.3 Å². The van der Waals surface area contributed by atoms with E-state index >= 15 is 0 Å². The van der Waals surface area contributed by atoms with Crippen LogP contribution >= 0.6 is 0 Å². The quantitative estimate of drug-likeness (QED) is 0.801. The second kappa shape index (κ2) is 8.43. The van der Waals surface area contributed by atoms with E-state index in [1.165, 1.54) is 0 Å². The topological polar surface area (TPSA) is 85.4 Å². The highest BCUT2D eigenvalue weighted by Gasteiger charge is 2.15. The third kappa shape index (κ3) is 4.67. The molecule has 0 saturated carbocycles. The van der Waals surface area contributed by atoms with Crippen molar-refractivity contribution in [2.75, 3.05) is 25.6 Å². The molecule has 0 spiro atoms. The zero-order chi connectivity index (χ0) is 17.5. The molecule has 0 radical (unpaired) electrons. The average Bonchev–Trinajstić information content (AvgIpc) is 3.18. The van der Waals surface area contributed by atoms with Crippen molar-refractivity contribution in [3.05, 3.63) is 47.7 Å². The number of rotatable bonds is 7. The SMILES string of the molecule is COc1ccccc1CNC(=O)c1ccc(NCC2CCCO2)nn1. The van der Waals surface area contributed by atoms with Gasteiger partial charge < -0.3 is 20.1 Å². The van der Waals surface area contributed by atoms with Crippen LogP contribution in [0.15, 0.2) is 36.4 Å². The zero-order valence-corrected chi connectivity index (χ0v) is 14.2. The molecule has 0 aliphatic carbocycles. The Labute approximate surface area is 146 Å². The zero-order valence-electron chi connectivity index (χ0n) is 14.2. The van der Waals surface area contributed by atoms with E-state index in [0.29, 0.717) is 18.9 Å². The van der Waals surface area contributed by atoms with Crippen molar-refractivity contribution in [1.82, 2.24) is 15.5 Å². The third-order valence-electron chi connectivity index (χ3n) is 4.06. The number of methoxy groups -OCH3 is 1. The number of carbonyl (C=O) groups is 1. The number of aromatic nitrogens is 2. The molecular formula is C18H22N4O3. The summed E-state index contributed by atoms with van der Waals surface area (Å²) < 4.78 is 10.8. The molecule has 0 bridgehead atoms. The molecule has 2 aromatic rings. The van der Waals surface area contributed by atoms with E-state index in [0.717, 1.165) is 30.8 Å². The van der Waals surface area contributed by atoms with Gasteiger partial charge in [-0.2, -0.15) is 0 Å². The van der Waals surface area contributed by atoms with E-state index < -0.39 is 0 Å². The molecule has 1 aliphatic rings. The fourth-order valence-electron chi connectivity index (χ4n) is 2.69. The first kappa shape index (κ1) is 17.2. The summed E-state index contributed by atoms with van der Waals surface area (Å²) in [7, 11) is 1.61. The fraction of sp³-hybridized carbons (Fsp3) is 0.389. The van der Waals surface area contributed by atoms with Crippen molar-refractivity contribution < 1.29 is 14.3 Å². The molecule has 1 fully saturated rings. The van der Waals surface area contributed by atoms with Crippen molar-refractivity contribution in [3.63, 3.8) is 0 Å². The number of carbonyl (C=O) groups excluding carboxylic acids is 1. The molecular weight excluding hydrogens is 320 g/mol. The summed E-state index contributed by atoms with van der Waals surface area (Å²) in [5.74, 6) is 1.10. The second-order valence-corrected chi connectivity index (χ2v) is 5.81. The summed E-state index contributed by atoms with van der Waals surface area (Å²) in [4.78, 5) is 12.2. The first-order valence-corrected chi connectivity index (χ1v) is 8.35. The molecule has 1 atom stereocenters. The summed E-state index contributed by atoms with van der Waals surface area (Å²) in [6, 6.07) is 11.0. The molecule has 3 rings (SSSR count). The smallest absolute Gasteiger partial charge is 0.272 e. The molecule has 1 unspecified atom stereocenters. The first-order valence-electron chi connectivity index (χ1n) is 8.35. The summed E-state index contributed by atoms with van der Waals surface area (Å²) >= 11 is 0. The summed E-state index contributed by atoms with van der Waals surface area (Å²) in [6.07, 6.45) is 2.39. The Morgan fingerprint density at radius 2 is 2.16 bits per heavy atom. The Morgan fingerprint density at radius 1 is 1.28 bits per heavy atom. The Kier molecular flexibility index (Phi) is 5.79. The van der Waals surface area contributed by atoms with Gasteiger partial charge in [-0.05, 0) is 31.0 Å². The number of hydrogen-bond acceptors (Lipinski definition) is 6. The summed E-state index contributed by atoms with van der Waals surface area (Å²) in [5.41, 5.74) is 1.18. The van der Waals surface area contributed by atoms with E-state index in [1.807, 2.05) is 24.3 Å². The molecule has 1 aromatic carbocycles. The van der Waals surface area contributed by atoms with E-state index in [1.54, 1.807) is 19.2 Å². The van der Waals surface area contributed by atoms with Crippen LogP contribution in [0.2, 0.25) is 0 Å². The maximum atomic E-state index is 12.2. The van der Waals surface area contributed by atoms with Crippen molar-refractivity contribution in [1.29, 1.82) is 0 Å². The van der Waals surface area contributed by atoms with Crippen LogP contribution in [0.25, 0.3) is 0 Å². The predicted molar refractivity (Wildman–Crippen MR) is 93.7 cm³/mol. The maximum Gasteiger partial charge on any atom is 0.272 e. The standard InChI is InChI=1S/C18H22N4O3/c1-24-16-7-3-2-5-13(16)11-20-18(23)15-8-9-17(22-21-15)19-12-14-6-4-10-25-14/h2-3,5,7-9,14H,4,6,10-12H2,1H3,(H,19,22)(H,20,23). The largest absolute Gasteiger partial charge is 0.496 e. The Morgan fingerprint density at radius 3 is 2.88 bits per heavy atom. The van der Waals surface area contributed by atoms with Gasteiger partial charge in [-0.3, -0.25) is 4.79 Å².